The molecule has 7 nitrogen and oxygen atoms in total. The molecule has 2 bridgehead atoms. The maximum absolute atomic E-state index is 13.5. The largest absolute Gasteiger partial charge is 0.454 e. The molecular formula is C19H19N3O4S. The first-order valence-corrected chi connectivity index (χ1v) is 10.1. The minimum Gasteiger partial charge on any atom is -0.454 e. The fourth-order valence-corrected chi connectivity index (χ4v) is 7.70. The van der Waals surface area contributed by atoms with Crippen molar-refractivity contribution in [1.29, 1.82) is 5.26 Å². The number of nitrogens with zero attached hydrogens (tertiary/aromatic N) is 3. The van der Waals surface area contributed by atoms with Crippen LogP contribution in [0, 0.1) is 16.7 Å². The first-order valence-electron chi connectivity index (χ1n) is 8.69. The van der Waals surface area contributed by atoms with Crippen molar-refractivity contribution in [1.82, 2.24) is 9.80 Å². The van der Waals surface area contributed by atoms with Gasteiger partial charge in [0.1, 0.15) is 0 Å². The van der Waals surface area contributed by atoms with Crippen LogP contribution in [0.2, 0.25) is 0 Å². The van der Waals surface area contributed by atoms with Crippen LogP contribution in [0.1, 0.15) is 31.9 Å². The van der Waals surface area contributed by atoms with Crippen LogP contribution in [-0.4, -0.2) is 51.1 Å². The average molecular weight is 385 g/mol. The third-order valence-corrected chi connectivity index (χ3v) is 9.35. The van der Waals surface area contributed by atoms with Crippen molar-refractivity contribution in [2.45, 2.75) is 36.1 Å². The van der Waals surface area contributed by atoms with E-state index in [2.05, 4.69) is 11.9 Å². The van der Waals surface area contributed by atoms with Gasteiger partial charge in [-0.25, -0.2) is 0 Å². The van der Waals surface area contributed by atoms with Crippen molar-refractivity contribution < 1.29 is 19.1 Å². The minimum atomic E-state index is -1.05. The highest BCUT2D eigenvalue weighted by Crippen LogP contribution is 2.71. The number of piperazine rings is 1. The smallest absolute Gasteiger partial charge is 0.260 e. The SMILES string of the molecule is C=S1C2(C)C(=O)N3C(c4ccc5c(c4)OCO5)[C@@](C)(C#N)C[C@]31C(=O)N2C. The number of hydrogen-bond donors (Lipinski definition) is 0. The number of likely N-dealkylation sites (N-methyl/N-ethyl adjacent to an activating group) is 1. The molecule has 3 fully saturated rings. The van der Waals surface area contributed by atoms with Crippen molar-refractivity contribution in [3.8, 4) is 17.6 Å². The van der Waals surface area contributed by atoms with E-state index in [1.807, 2.05) is 19.1 Å². The summed E-state index contributed by atoms with van der Waals surface area (Å²) in [6.07, 6.45) is 0.284. The van der Waals surface area contributed by atoms with Crippen molar-refractivity contribution in [2.24, 2.45) is 5.41 Å². The molecule has 4 heterocycles. The average Bonchev–Trinajstić information content (AvgIpc) is 3.31. The van der Waals surface area contributed by atoms with Crippen LogP contribution in [0.15, 0.2) is 18.2 Å². The van der Waals surface area contributed by atoms with Gasteiger partial charge < -0.3 is 19.3 Å². The van der Waals surface area contributed by atoms with E-state index in [-0.39, 0.29) is 25.0 Å². The maximum Gasteiger partial charge on any atom is 0.260 e. The predicted octanol–water partition coefficient (Wildman–Crippen LogP) is 1.82. The van der Waals surface area contributed by atoms with E-state index in [4.69, 9.17) is 9.47 Å². The van der Waals surface area contributed by atoms with Crippen molar-refractivity contribution in [3.63, 3.8) is 0 Å². The zero-order chi connectivity index (χ0) is 19.4. The molecule has 3 saturated heterocycles. The maximum atomic E-state index is 13.5. The van der Waals surface area contributed by atoms with E-state index >= 15 is 0 Å². The quantitative estimate of drug-likeness (QED) is 0.689. The second-order valence-electron chi connectivity index (χ2n) is 7.92. The first-order chi connectivity index (χ1) is 12.7. The molecule has 0 saturated carbocycles. The highest BCUT2D eigenvalue weighted by molar-refractivity contribution is 8.18. The first kappa shape index (κ1) is 16.6. The Morgan fingerprint density at radius 2 is 1.96 bits per heavy atom. The van der Waals surface area contributed by atoms with Gasteiger partial charge in [-0.05, 0) is 31.5 Å². The van der Waals surface area contributed by atoms with Crippen LogP contribution in [0.25, 0.3) is 0 Å². The van der Waals surface area contributed by atoms with E-state index < -0.39 is 31.7 Å². The number of carbonyl (C=O) groups excluding carboxylic acids is 2. The molecule has 27 heavy (non-hydrogen) atoms. The Morgan fingerprint density at radius 3 is 2.67 bits per heavy atom. The molecule has 140 valence electrons. The van der Waals surface area contributed by atoms with E-state index in [1.54, 1.807) is 24.9 Å². The Balaban J connectivity index is 1.73. The van der Waals surface area contributed by atoms with Gasteiger partial charge in [-0.2, -0.15) is 5.26 Å². The second kappa shape index (κ2) is 4.65. The third kappa shape index (κ3) is 1.55. The lowest BCUT2D eigenvalue weighted by Gasteiger charge is -2.40. The second-order valence-corrected chi connectivity index (χ2v) is 10.2. The summed E-state index contributed by atoms with van der Waals surface area (Å²) < 4.78 is 10.9. The van der Waals surface area contributed by atoms with Gasteiger partial charge in [-0.15, -0.1) is 10.5 Å². The fraction of sp³-hybridized carbons (Fsp3) is 0.474. The third-order valence-electron chi connectivity index (χ3n) is 6.61. The number of rotatable bonds is 1. The topological polar surface area (TPSA) is 82.9 Å². The zero-order valence-electron chi connectivity index (χ0n) is 15.3. The number of nitriles is 1. The summed E-state index contributed by atoms with van der Waals surface area (Å²) in [6.45, 7) is 3.76. The Bertz CT molecular complexity index is 1000. The van der Waals surface area contributed by atoms with Crippen LogP contribution < -0.4 is 9.47 Å². The van der Waals surface area contributed by atoms with E-state index in [1.165, 1.54) is 4.90 Å². The lowest BCUT2D eigenvalue weighted by Crippen LogP contribution is -2.60. The molecule has 1 spiro atoms. The zero-order valence-corrected chi connectivity index (χ0v) is 16.1. The molecule has 8 heteroatoms. The number of hydrogen-bond acceptors (Lipinski definition) is 5. The number of fused-ring (bicyclic) bond motifs is 2. The molecule has 0 radical (unpaired) electrons. The predicted molar refractivity (Wildman–Crippen MR) is 99.1 cm³/mol. The lowest BCUT2D eigenvalue weighted by atomic mass is 9.79. The summed E-state index contributed by atoms with van der Waals surface area (Å²) >= 11 is 0. The van der Waals surface area contributed by atoms with Crippen molar-refractivity contribution >= 4 is 28.2 Å². The standard InChI is InChI=1S/C19H19N3O4S/c1-17(9-20)8-19-16(24)21(3)18(2,27(19)4)15(23)22(19)14(17)11-5-6-12-13(7-11)26-10-25-12/h5-7,14H,4,8,10H2,1-3H3/t14?,17-,18?,19+,27?/m1/s1. The molecule has 0 aliphatic carbocycles. The lowest BCUT2D eigenvalue weighted by molar-refractivity contribution is -0.159. The van der Waals surface area contributed by atoms with Gasteiger partial charge in [0.25, 0.3) is 11.8 Å². The summed E-state index contributed by atoms with van der Waals surface area (Å²) in [4.78, 5) is 27.9. The molecule has 2 amide bonds. The van der Waals surface area contributed by atoms with E-state index in [0.717, 1.165) is 5.56 Å². The van der Waals surface area contributed by atoms with Crippen LogP contribution in [0.3, 0.4) is 0 Å². The van der Waals surface area contributed by atoms with Crippen molar-refractivity contribution in [3.05, 3.63) is 23.8 Å². The Labute approximate surface area is 159 Å². The number of carbonyl (C=O) groups is 2. The van der Waals surface area contributed by atoms with E-state index in [9.17, 15) is 14.9 Å². The van der Waals surface area contributed by atoms with Crippen LogP contribution in [0.5, 0.6) is 11.5 Å². The van der Waals surface area contributed by atoms with Gasteiger partial charge in [0, 0.05) is 13.5 Å². The van der Waals surface area contributed by atoms with Crippen molar-refractivity contribution in [2.75, 3.05) is 13.8 Å². The normalized spacial score (nSPS) is 41.3. The van der Waals surface area contributed by atoms with Gasteiger partial charge in [0.2, 0.25) is 6.79 Å². The molecular weight excluding hydrogens is 366 g/mol. The molecule has 0 aromatic heterocycles. The van der Waals surface area contributed by atoms with Crippen LogP contribution >= 0.6 is 10.5 Å². The van der Waals surface area contributed by atoms with Gasteiger partial charge in [0.05, 0.1) is 17.5 Å². The summed E-state index contributed by atoms with van der Waals surface area (Å²) in [5.41, 5.74) is -0.133. The Morgan fingerprint density at radius 1 is 1.26 bits per heavy atom. The van der Waals surface area contributed by atoms with Crippen LogP contribution in [-0.2, 0) is 9.59 Å². The number of benzene rings is 1. The summed E-state index contributed by atoms with van der Waals surface area (Å²) in [5, 5.41) is 10.0. The molecule has 4 aliphatic heterocycles. The van der Waals surface area contributed by atoms with Gasteiger partial charge in [-0.3, -0.25) is 9.59 Å². The number of amides is 2. The van der Waals surface area contributed by atoms with Crippen LogP contribution in [0.4, 0.5) is 0 Å². The molecule has 5 atom stereocenters. The molecule has 3 unspecified atom stereocenters. The van der Waals surface area contributed by atoms with Gasteiger partial charge in [-0.1, -0.05) is 11.9 Å². The van der Waals surface area contributed by atoms with E-state index in [0.29, 0.717) is 11.5 Å². The Kier molecular flexibility index (Phi) is 2.87. The summed E-state index contributed by atoms with van der Waals surface area (Å²) in [7, 11) is 0.882. The summed E-state index contributed by atoms with van der Waals surface area (Å²) in [6, 6.07) is 7.31. The highest BCUT2D eigenvalue weighted by atomic mass is 32.2. The molecule has 1 aromatic rings. The van der Waals surface area contributed by atoms with Gasteiger partial charge >= 0.3 is 0 Å². The summed E-state index contributed by atoms with van der Waals surface area (Å²) in [5.74, 6) is 5.23. The highest BCUT2D eigenvalue weighted by Gasteiger charge is 2.79. The molecule has 0 N–H and O–H groups in total. The fourth-order valence-electron chi connectivity index (χ4n) is 5.07. The monoisotopic (exact) mass is 385 g/mol. The molecule has 4 aliphatic rings. The minimum absolute atomic E-state index is 0.118. The number of ether oxygens (including phenoxy) is 2. The molecule has 5 rings (SSSR count). The van der Waals surface area contributed by atoms with Gasteiger partial charge in [0.15, 0.2) is 21.2 Å². The Hall–Kier alpha value is -2.53. The molecule has 1 aromatic carbocycles.